The van der Waals surface area contributed by atoms with Crippen molar-refractivity contribution in [2.45, 2.75) is 45.3 Å². The van der Waals surface area contributed by atoms with E-state index in [1.54, 1.807) is 0 Å². The molecule has 2 N–H and O–H groups in total. The molecule has 1 aromatic heterocycles. The Morgan fingerprint density at radius 2 is 2.03 bits per heavy atom. The Morgan fingerprint density at radius 1 is 1.33 bits per heavy atom. The number of nitrogens with zero attached hydrogens (tertiary/aromatic N) is 3. The zero-order chi connectivity index (χ0) is 21.3. The Kier molecular flexibility index (Phi) is 12.1. The van der Waals surface area contributed by atoms with Crippen molar-refractivity contribution in [2.24, 2.45) is 4.99 Å². The Balaban J connectivity index is 0.00000450. The maximum absolute atomic E-state index is 12.6. The van der Waals surface area contributed by atoms with E-state index < -0.39 is 11.7 Å². The van der Waals surface area contributed by atoms with Crippen LogP contribution in [0.2, 0.25) is 5.02 Å². The van der Waals surface area contributed by atoms with Gasteiger partial charge in [-0.15, -0.1) is 24.0 Å². The monoisotopic (exact) mass is 563 g/mol. The zero-order valence-corrected chi connectivity index (χ0v) is 20.4. The van der Waals surface area contributed by atoms with E-state index in [2.05, 4.69) is 32.4 Å². The van der Waals surface area contributed by atoms with Crippen LogP contribution in [0, 0.1) is 0 Å². The van der Waals surface area contributed by atoms with Gasteiger partial charge in [0.05, 0.1) is 12.1 Å². The molecule has 11 heteroatoms. The van der Waals surface area contributed by atoms with Crippen LogP contribution in [0.25, 0.3) is 0 Å². The molecule has 2 rings (SSSR count). The number of nitrogens with one attached hydrogen (secondary N) is 2. The number of halogens is 5. The molecule has 172 valence electrons. The van der Waals surface area contributed by atoms with Crippen LogP contribution in [0.4, 0.5) is 13.2 Å². The number of alkyl halides is 3. The second-order valence-electron chi connectivity index (χ2n) is 6.88. The van der Waals surface area contributed by atoms with E-state index in [1.807, 2.05) is 6.92 Å². The minimum absolute atomic E-state index is 0. The van der Waals surface area contributed by atoms with Crippen LogP contribution in [0.1, 0.15) is 38.7 Å². The number of aromatic nitrogens is 1. The third-order valence-corrected chi connectivity index (χ3v) is 4.82. The topological polar surface area (TPSA) is 61.8 Å². The molecule has 0 bridgehead atoms. The molecular formula is C19H30ClF3IN5O. The smallest absolute Gasteiger partial charge is 0.417 e. The van der Waals surface area contributed by atoms with Gasteiger partial charge in [-0.3, -0.25) is 0 Å². The maximum Gasteiger partial charge on any atom is 0.417 e. The molecular weight excluding hydrogens is 534 g/mol. The minimum Gasteiger partial charge on any atom is -0.475 e. The largest absolute Gasteiger partial charge is 0.475 e. The number of hydrogen-bond donors (Lipinski definition) is 2. The highest BCUT2D eigenvalue weighted by molar-refractivity contribution is 14.0. The van der Waals surface area contributed by atoms with Crippen LogP contribution in [0.5, 0.6) is 5.88 Å². The zero-order valence-electron chi connectivity index (χ0n) is 17.3. The molecule has 1 aliphatic heterocycles. The fraction of sp³-hybridized carbons (Fsp3) is 0.684. The summed E-state index contributed by atoms with van der Waals surface area (Å²) >= 11 is 5.84. The van der Waals surface area contributed by atoms with Gasteiger partial charge >= 0.3 is 6.18 Å². The first-order valence-corrected chi connectivity index (χ1v) is 10.3. The molecule has 1 saturated heterocycles. The van der Waals surface area contributed by atoms with Gasteiger partial charge in [0.15, 0.2) is 5.96 Å². The molecule has 0 atom stereocenters. The summed E-state index contributed by atoms with van der Waals surface area (Å²) in [5, 5.41) is 6.47. The van der Waals surface area contributed by atoms with E-state index in [4.69, 9.17) is 16.3 Å². The standard InChI is InChI=1S/C19H29ClF3N5O.HI/c1-3-8-28-9-5-15(6-10-28)27-18(24-4-2)25-7-11-29-17-16(20)12-14(13-26-17)19(21,22)23;/h12-13,15H,3-11H2,1-2H3,(H2,24,25,27);1H. The van der Waals surface area contributed by atoms with E-state index in [-0.39, 0.29) is 41.5 Å². The van der Waals surface area contributed by atoms with Gasteiger partial charge in [-0.25, -0.2) is 9.98 Å². The van der Waals surface area contributed by atoms with Crippen LogP contribution in [-0.4, -0.2) is 61.2 Å². The Morgan fingerprint density at radius 3 is 2.60 bits per heavy atom. The van der Waals surface area contributed by atoms with Gasteiger partial charge in [0.1, 0.15) is 11.6 Å². The average Bonchev–Trinajstić information content (AvgIpc) is 2.67. The minimum atomic E-state index is -4.49. The van der Waals surface area contributed by atoms with Crippen molar-refractivity contribution in [2.75, 3.05) is 39.3 Å². The number of aliphatic imine (C=N–C) groups is 1. The summed E-state index contributed by atoms with van der Waals surface area (Å²) < 4.78 is 43.3. The van der Waals surface area contributed by atoms with E-state index >= 15 is 0 Å². The Labute approximate surface area is 198 Å². The predicted molar refractivity (Wildman–Crippen MR) is 124 cm³/mol. The van der Waals surface area contributed by atoms with Crippen LogP contribution < -0.4 is 15.4 Å². The molecule has 0 saturated carbocycles. The van der Waals surface area contributed by atoms with Crippen molar-refractivity contribution >= 4 is 41.5 Å². The fourth-order valence-corrected chi connectivity index (χ4v) is 3.34. The highest BCUT2D eigenvalue weighted by Crippen LogP contribution is 2.33. The number of pyridine rings is 1. The SMILES string of the molecule is CCCN1CCC(NC(=NCCOc2ncc(C(F)(F)F)cc2Cl)NCC)CC1.I. The number of hydrogen-bond acceptors (Lipinski definition) is 4. The molecule has 0 aliphatic carbocycles. The number of rotatable bonds is 8. The summed E-state index contributed by atoms with van der Waals surface area (Å²) in [5.74, 6) is 0.674. The van der Waals surface area contributed by atoms with Gasteiger partial charge in [-0.05, 0) is 38.8 Å². The summed E-state index contributed by atoms with van der Waals surface area (Å²) in [6.45, 7) is 8.68. The summed E-state index contributed by atoms with van der Waals surface area (Å²) in [5.41, 5.74) is -0.906. The van der Waals surface area contributed by atoms with E-state index in [0.29, 0.717) is 24.7 Å². The highest BCUT2D eigenvalue weighted by Gasteiger charge is 2.31. The van der Waals surface area contributed by atoms with E-state index in [0.717, 1.165) is 45.1 Å². The second kappa shape index (κ2) is 13.4. The number of piperidine rings is 1. The number of ether oxygens (including phenoxy) is 1. The first-order chi connectivity index (χ1) is 13.8. The molecule has 6 nitrogen and oxygen atoms in total. The third kappa shape index (κ3) is 9.01. The van der Waals surface area contributed by atoms with Crippen molar-refractivity contribution in [1.82, 2.24) is 20.5 Å². The summed E-state index contributed by atoms with van der Waals surface area (Å²) in [7, 11) is 0. The van der Waals surface area contributed by atoms with Crippen molar-refractivity contribution in [1.29, 1.82) is 0 Å². The molecule has 30 heavy (non-hydrogen) atoms. The lowest BCUT2D eigenvalue weighted by Gasteiger charge is -2.32. The van der Waals surface area contributed by atoms with Gasteiger partial charge in [0.2, 0.25) is 5.88 Å². The van der Waals surface area contributed by atoms with Crippen molar-refractivity contribution in [3.63, 3.8) is 0 Å². The van der Waals surface area contributed by atoms with Gasteiger partial charge in [0.25, 0.3) is 0 Å². The normalized spacial score (nSPS) is 16.1. The van der Waals surface area contributed by atoms with E-state index in [9.17, 15) is 13.2 Å². The van der Waals surface area contributed by atoms with Crippen LogP contribution in [0.3, 0.4) is 0 Å². The molecule has 0 aromatic carbocycles. The quantitative estimate of drug-likeness (QED) is 0.215. The molecule has 2 heterocycles. The molecule has 0 radical (unpaired) electrons. The van der Waals surface area contributed by atoms with Crippen LogP contribution in [-0.2, 0) is 6.18 Å². The molecule has 0 amide bonds. The van der Waals surface area contributed by atoms with Crippen molar-refractivity contribution in [3.8, 4) is 5.88 Å². The maximum atomic E-state index is 12.6. The summed E-state index contributed by atoms with van der Waals surface area (Å²) in [4.78, 5) is 10.6. The highest BCUT2D eigenvalue weighted by atomic mass is 127. The van der Waals surface area contributed by atoms with Gasteiger partial charge in [-0.2, -0.15) is 13.2 Å². The first-order valence-electron chi connectivity index (χ1n) is 9.96. The predicted octanol–water partition coefficient (Wildman–Crippen LogP) is 4.18. The number of guanidine groups is 1. The number of likely N-dealkylation sites (tertiary alicyclic amines) is 1. The molecule has 1 fully saturated rings. The summed E-state index contributed by atoms with van der Waals surface area (Å²) in [6.07, 6.45) is -0.489. The van der Waals surface area contributed by atoms with Gasteiger partial charge < -0.3 is 20.3 Å². The van der Waals surface area contributed by atoms with E-state index in [1.165, 1.54) is 6.42 Å². The van der Waals surface area contributed by atoms with Crippen LogP contribution >= 0.6 is 35.6 Å². The van der Waals surface area contributed by atoms with Crippen LogP contribution in [0.15, 0.2) is 17.3 Å². The van der Waals surface area contributed by atoms with Gasteiger partial charge in [-0.1, -0.05) is 18.5 Å². The molecule has 0 unspecified atom stereocenters. The Bertz CT molecular complexity index is 670. The molecule has 0 spiro atoms. The molecule has 1 aromatic rings. The lowest BCUT2D eigenvalue weighted by atomic mass is 10.1. The lowest BCUT2D eigenvalue weighted by molar-refractivity contribution is -0.137. The third-order valence-electron chi connectivity index (χ3n) is 4.55. The lowest BCUT2D eigenvalue weighted by Crippen LogP contribution is -2.48. The first kappa shape index (κ1) is 27.0. The average molecular weight is 564 g/mol. The fourth-order valence-electron chi connectivity index (χ4n) is 3.12. The molecule has 1 aliphatic rings. The van der Waals surface area contributed by atoms with Crippen molar-refractivity contribution in [3.05, 3.63) is 22.8 Å². The summed E-state index contributed by atoms with van der Waals surface area (Å²) in [6, 6.07) is 1.18. The second-order valence-corrected chi connectivity index (χ2v) is 7.29. The Hall–Kier alpha value is -1.01. The van der Waals surface area contributed by atoms with Gasteiger partial charge in [0, 0.05) is 31.9 Å². The van der Waals surface area contributed by atoms with Crippen molar-refractivity contribution < 1.29 is 17.9 Å².